The topological polar surface area (TPSA) is 12.0 Å². The molecule has 0 radical (unpaired) electrons. The van der Waals surface area contributed by atoms with Crippen molar-refractivity contribution in [2.75, 3.05) is 0 Å². The summed E-state index contributed by atoms with van der Waals surface area (Å²) >= 11 is 8.11. The first-order valence-corrected chi connectivity index (χ1v) is 8.78. The van der Waals surface area contributed by atoms with Crippen LogP contribution in [0.4, 0.5) is 0 Å². The largest absolute Gasteiger partial charge is 0.305 e. The van der Waals surface area contributed by atoms with E-state index in [1.54, 1.807) is 0 Å². The van der Waals surface area contributed by atoms with Crippen molar-refractivity contribution >= 4 is 22.9 Å². The fourth-order valence-electron chi connectivity index (χ4n) is 3.31. The lowest BCUT2D eigenvalue weighted by molar-refractivity contribution is 0.268. The van der Waals surface area contributed by atoms with E-state index in [-0.39, 0.29) is 5.41 Å². The smallest absolute Gasteiger partial charge is 0.0409 e. The second kappa shape index (κ2) is 5.75. The van der Waals surface area contributed by atoms with Crippen LogP contribution in [0.2, 0.25) is 5.02 Å². The fourth-order valence-corrected chi connectivity index (χ4v) is 4.39. The summed E-state index contributed by atoms with van der Waals surface area (Å²) < 4.78 is 0. The molecule has 1 aliphatic rings. The van der Waals surface area contributed by atoms with Crippen LogP contribution in [-0.4, -0.2) is 0 Å². The zero-order valence-electron chi connectivity index (χ0n) is 12.9. The first kappa shape index (κ1) is 15.1. The molecule has 3 rings (SSSR count). The van der Waals surface area contributed by atoms with Crippen molar-refractivity contribution in [3.63, 3.8) is 0 Å². The third-order valence-corrected chi connectivity index (χ3v) is 5.86. The first-order valence-electron chi connectivity index (χ1n) is 7.59. The van der Waals surface area contributed by atoms with Crippen LogP contribution in [0.15, 0.2) is 30.3 Å². The van der Waals surface area contributed by atoms with Gasteiger partial charge in [0.25, 0.3) is 0 Å². The molecule has 0 aliphatic heterocycles. The Morgan fingerprint density at radius 3 is 2.71 bits per heavy atom. The highest BCUT2D eigenvalue weighted by Crippen LogP contribution is 2.46. The maximum absolute atomic E-state index is 6.20. The van der Waals surface area contributed by atoms with Gasteiger partial charge in [-0.2, -0.15) is 0 Å². The van der Waals surface area contributed by atoms with Gasteiger partial charge in [0, 0.05) is 27.4 Å². The molecule has 0 saturated heterocycles. The van der Waals surface area contributed by atoms with Crippen molar-refractivity contribution < 1.29 is 0 Å². The normalized spacial score (nSPS) is 19.7. The van der Waals surface area contributed by atoms with Crippen molar-refractivity contribution in [1.29, 1.82) is 0 Å². The van der Waals surface area contributed by atoms with Gasteiger partial charge in [-0.05, 0) is 53.6 Å². The lowest BCUT2D eigenvalue weighted by Gasteiger charge is -2.28. The number of rotatable bonds is 4. The zero-order chi connectivity index (χ0) is 15.0. The molecule has 112 valence electrons. The summed E-state index contributed by atoms with van der Waals surface area (Å²) in [5.74, 6) is 0. The molecular weight excluding hydrogens is 298 g/mol. The van der Waals surface area contributed by atoms with Gasteiger partial charge in [-0.25, -0.2) is 0 Å². The van der Waals surface area contributed by atoms with E-state index in [0.29, 0.717) is 6.04 Å². The van der Waals surface area contributed by atoms with Gasteiger partial charge in [0.1, 0.15) is 0 Å². The number of halogens is 1. The van der Waals surface area contributed by atoms with Crippen LogP contribution in [0.5, 0.6) is 0 Å². The van der Waals surface area contributed by atoms with E-state index in [1.807, 2.05) is 17.4 Å². The SMILES string of the molecule is CCc1ccc(CNC2c3cc(Cl)ccc3CC2(C)C)s1. The summed E-state index contributed by atoms with van der Waals surface area (Å²) in [5.41, 5.74) is 3.04. The fraction of sp³-hybridized carbons (Fsp3) is 0.444. The monoisotopic (exact) mass is 319 g/mol. The van der Waals surface area contributed by atoms with Gasteiger partial charge in [-0.15, -0.1) is 11.3 Å². The number of aryl methyl sites for hydroxylation is 1. The highest BCUT2D eigenvalue weighted by atomic mass is 35.5. The van der Waals surface area contributed by atoms with Crippen molar-refractivity contribution in [3.8, 4) is 0 Å². The third kappa shape index (κ3) is 3.03. The van der Waals surface area contributed by atoms with E-state index >= 15 is 0 Å². The highest BCUT2D eigenvalue weighted by molar-refractivity contribution is 7.11. The van der Waals surface area contributed by atoms with Crippen LogP contribution in [-0.2, 0) is 19.4 Å². The predicted octanol–water partition coefficient (Wildman–Crippen LogP) is 5.38. The quantitative estimate of drug-likeness (QED) is 0.798. The van der Waals surface area contributed by atoms with E-state index in [1.165, 1.54) is 20.9 Å². The number of fused-ring (bicyclic) bond motifs is 1. The van der Waals surface area contributed by atoms with Gasteiger partial charge >= 0.3 is 0 Å². The Balaban J connectivity index is 1.79. The minimum absolute atomic E-state index is 0.234. The summed E-state index contributed by atoms with van der Waals surface area (Å²) in [7, 11) is 0. The molecule has 0 amide bonds. The molecule has 0 bridgehead atoms. The van der Waals surface area contributed by atoms with Gasteiger partial charge in [0.2, 0.25) is 0 Å². The number of hydrogen-bond acceptors (Lipinski definition) is 2. The molecule has 0 spiro atoms. The van der Waals surface area contributed by atoms with E-state index < -0.39 is 0 Å². The van der Waals surface area contributed by atoms with Gasteiger partial charge in [0.15, 0.2) is 0 Å². The highest BCUT2D eigenvalue weighted by Gasteiger charge is 2.38. The Kier molecular flexibility index (Phi) is 4.13. The van der Waals surface area contributed by atoms with Crippen molar-refractivity contribution in [1.82, 2.24) is 5.32 Å². The molecule has 1 aromatic heterocycles. The molecule has 1 unspecified atom stereocenters. The summed E-state index contributed by atoms with van der Waals surface area (Å²) in [4.78, 5) is 2.87. The standard InChI is InChI=1S/C18H22ClNS/c1-4-14-7-8-15(21-14)11-20-17-16-9-13(19)6-5-12(16)10-18(17,2)3/h5-9,17,20H,4,10-11H2,1-3H3. The van der Waals surface area contributed by atoms with Crippen LogP contribution in [0.1, 0.15) is 47.7 Å². The molecule has 1 nitrogen and oxygen atoms in total. The third-order valence-electron chi connectivity index (χ3n) is 4.39. The second-order valence-electron chi connectivity index (χ2n) is 6.54. The van der Waals surface area contributed by atoms with Crippen molar-refractivity contribution in [3.05, 3.63) is 56.2 Å². The molecule has 2 aromatic rings. The molecular formula is C18H22ClNS. The average molecular weight is 320 g/mol. The molecule has 1 heterocycles. The molecule has 3 heteroatoms. The molecule has 1 atom stereocenters. The van der Waals surface area contributed by atoms with Crippen molar-refractivity contribution in [2.24, 2.45) is 5.41 Å². The first-order chi connectivity index (χ1) is 9.99. The maximum atomic E-state index is 6.20. The van der Waals surface area contributed by atoms with Crippen LogP contribution in [0.25, 0.3) is 0 Å². The Labute approximate surface area is 136 Å². The minimum atomic E-state index is 0.234. The zero-order valence-corrected chi connectivity index (χ0v) is 14.4. The van der Waals surface area contributed by atoms with Gasteiger partial charge in [0.05, 0.1) is 0 Å². The second-order valence-corrected chi connectivity index (χ2v) is 8.23. The molecule has 1 N–H and O–H groups in total. The van der Waals surface area contributed by atoms with E-state index in [4.69, 9.17) is 11.6 Å². The Bertz CT molecular complexity index is 644. The van der Waals surface area contributed by atoms with Crippen LogP contribution in [0.3, 0.4) is 0 Å². The van der Waals surface area contributed by atoms with Crippen LogP contribution < -0.4 is 5.32 Å². The van der Waals surface area contributed by atoms with Crippen LogP contribution in [0, 0.1) is 5.41 Å². The lowest BCUT2D eigenvalue weighted by Crippen LogP contribution is -2.30. The Morgan fingerprint density at radius 1 is 1.24 bits per heavy atom. The number of thiophene rings is 1. The Morgan fingerprint density at radius 2 is 2.00 bits per heavy atom. The number of hydrogen-bond donors (Lipinski definition) is 1. The summed E-state index contributed by atoms with van der Waals surface area (Å²) in [5, 5.41) is 4.60. The lowest BCUT2D eigenvalue weighted by atomic mass is 9.85. The molecule has 0 fully saturated rings. The summed E-state index contributed by atoms with van der Waals surface area (Å²) in [6.07, 6.45) is 2.24. The summed E-state index contributed by atoms with van der Waals surface area (Å²) in [6.45, 7) is 7.82. The van der Waals surface area contributed by atoms with Crippen LogP contribution >= 0.6 is 22.9 Å². The van der Waals surface area contributed by atoms with Gasteiger partial charge in [-0.1, -0.05) is 38.4 Å². The average Bonchev–Trinajstić information content (AvgIpc) is 2.98. The number of benzene rings is 1. The minimum Gasteiger partial charge on any atom is -0.305 e. The van der Waals surface area contributed by atoms with Crippen molar-refractivity contribution in [2.45, 2.75) is 46.2 Å². The molecule has 21 heavy (non-hydrogen) atoms. The van der Waals surface area contributed by atoms with E-state index in [2.05, 4.69) is 50.4 Å². The molecule has 1 aromatic carbocycles. The van der Waals surface area contributed by atoms with Gasteiger partial charge in [-0.3, -0.25) is 0 Å². The Hall–Kier alpha value is -0.830. The van der Waals surface area contributed by atoms with Gasteiger partial charge < -0.3 is 5.32 Å². The number of nitrogens with one attached hydrogen (secondary N) is 1. The molecule has 0 saturated carbocycles. The maximum Gasteiger partial charge on any atom is 0.0409 e. The summed E-state index contributed by atoms with van der Waals surface area (Å²) in [6, 6.07) is 11.2. The molecule has 1 aliphatic carbocycles. The van der Waals surface area contributed by atoms with E-state index in [9.17, 15) is 0 Å². The van der Waals surface area contributed by atoms with E-state index in [0.717, 1.165) is 24.4 Å². The predicted molar refractivity (Wildman–Crippen MR) is 92.2 cm³/mol.